The quantitative estimate of drug-likeness (QED) is 0.618. The Morgan fingerprint density at radius 2 is 2.29 bits per heavy atom. The van der Waals surface area contributed by atoms with Crippen molar-refractivity contribution in [2.45, 2.75) is 10.1 Å². The van der Waals surface area contributed by atoms with Crippen LogP contribution in [0.2, 0.25) is 0 Å². The normalized spacial score (nSPS) is 10.5. The van der Waals surface area contributed by atoms with Gasteiger partial charge in [-0.2, -0.15) is 9.49 Å². The molecule has 0 aliphatic rings. The first-order valence-corrected chi connectivity index (χ1v) is 5.36. The van der Waals surface area contributed by atoms with Gasteiger partial charge in [-0.05, 0) is 23.9 Å². The summed E-state index contributed by atoms with van der Waals surface area (Å²) in [4.78, 5) is 14.1. The van der Waals surface area contributed by atoms with E-state index in [2.05, 4.69) is 10.1 Å². The Bertz CT molecular complexity index is 572. The van der Waals surface area contributed by atoms with Crippen LogP contribution < -0.4 is 0 Å². The van der Waals surface area contributed by atoms with E-state index in [4.69, 9.17) is 0 Å². The Morgan fingerprint density at radius 1 is 1.53 bits per heavy atom. The molecule has 0 aliphatic heterocycles. The van der Waals surface area contributed by atoms with Crippen LogP contribution in [-0.4, -0.2) is 19.7 Å². The molecule has 0 amide bonds. The van der Waals surface area contributed by atoms with Crippen molar-refractivity contribution in [1.29, 1.82) is 0 Å². The lowest BCUT2D eigenvalue weighted by Gasteiger charge is -2.02. The predicted molar refractivity (Wildman–Crippen MR) is 58.2 cm³/mol. The Morgan fingerprint density at radius 3 is 2.88 bits per heavy atom. The van der Waals surface area contributed by atoms with Gasteiger partial charge in [0.1, 0.15) is 6.33 Å². The van der Waals surface area contributed by atoms with Crippen LogP contribution in [-0.2, 0) is 7.05 Å². The van der Waals surface area contributed by atoms with Crippen molar-refractivity contribution in [3.63, 3.8) is 0 Å². The standard InChI is InChI=1S/C9H7FN4O2S/c1-13-9(11-5-12-13)17-7-4-2-3-6(10)8(7)14(15)16/h2-5H,1H3. The van der Waals surface area contributed by atoms with Gasteiger partial charge in [0.05, 0.1) is 9.82 Å². The van der Waals surface area contributed by atoms with Crippen LogP contribution in [0, 0.1) is 15.9 Å². The second-order valence-electron chi connectivity index (χ2n) is 3.11. The zero-order chi connectivity index (χ0) is 12.4. The summed E-state index contributed by atoms with van der Waals surface area (Å²) in [5.41, 5.74) is -0.541. The van der Waals surface area contributed by atoms with Crippen molar-refractivity contribution in [3.8, 4) is 0 Å². The molecular formula is C9H7FN4O2S. The minimum absolute atomic E-state index is 0.200. The van der Waals surface area contributed by atoms with Crippen LogP contribution in [0.3, 0.4) is 0 Å². The van der Waals surface area contributed by atoms with Gasteiger partial charge in [0.2, 0.25) is 5.82 Å². The molecule has 2 rings (SSSR count). The molecule has 0 radical (unpaired) electrons. The van der Waals surface area contributed by atoms with Crippen LogP contribution in [0.5, 0.6) is 0 Å². The topological polar surface area (TPSA) is 73.8 Å². The average molecular weight is 254 g/mol. The van der Waals surface area contributed by atoms with Crippen LogP contribution in [0.4, 0.5) is 10.1 Å². The molecule has 1 aromatic carbocycles. The van der Waals surface area contributed by atoms with E-state index in [1.54, 1.807) is 7.05 Å². The number of hydrogen-bond donors (Lipinski definition) is 0. The summed E-state index contributed by atoms with van der Waals surface area (Å²) >= 11 is 0.998. The molecule has 17 heavy (non-hydrogen) atoms. The third-order valence-corrected chi connectivity index (χ3v) is 3.10. The van der Waals surface area contributed by atoms with Crippen molar-refractivity contribution in [3.05, 3.63) is 40.5 Å². The maximum atomic E-state index is 13.3. The van der Waals surface area contributed by atoms with Gasteiger partial charge >= 0.3 is 5.69 Å². The zero-order valence-electron chi connectivity index (χ0n) is 8.70. The predicted octanol–water partition coefficient (Wildman–Crippen LogP) is 2.01. The number of nitro benzene ring substituents is 1. The summed E-state index contributed by atoms with van der Waals surface area (Å²) in [7, 11) is 1.65. The summed E-state index contributed by atoms with van der Waals surface area (Å²) in [5, 5.41) is 15.1. The number of halogens is 1. The fraction of sp³-hybridized carbons (Fsp3) is 0.111. The van der Waals surface area contributed by atoms with Gasteiger partial charge in [-0.3, -0.25) is 10.1 Å². The molecule has 0 N–H and O–H groups in total. The maximum Gasteiger partial charge on any atom is 0.318 e. The van der Waals surface area contributed by atoms with Gasteiger partial charge in [-0.15, -0.1) is 0 Å². The van der Waals surface area contributed by atoms with Crippen LogP contribution in [0.25, 0.3) is 0 Å². The second-order valence-corrected chi connectivity index (χ2v) is 4.12. The minimum atomic E-state index is -0.859. The summed E-state index contributed by atoms with van der Waals surface area (Å²) in [6, 6.07) is 3.94. The Labute approximate surface area is 99.6 Å². The number of nitrogens with zero attached hydrogens (tertiary/aromatic N) is 4. The van der Waals surface area contributed by atoms with Crippen LogP contribution in [0.15, 0.2) is 34.6 Å². The number of benzene rings is 1. The third-order valence-electron chi connectivity index (χ3n) is 2.00. The Hall–Kier alpha value is -1.96. The van der Waals surface area contributed by atoms with Gasteiger partial charge in [0, 0.05) is 7.05 Å². The smallest absolute Gasteiger partial charge is 0.258 e. The maximum absolute atomic E-state index is 13.3. The van der Waals surface area contributed by atoms with Gasteiger partial charge in [0.15, 0.2) is 5.16 Å². The number of nitro groups is 1. The SMILES string of the molecule is Cn1ncnc1Sc1cccc(F)c1[N+](=O)[O-]. The highest BCUT2D eigenvalue weighted by Crippen LogP contribution is 2.34. The zero-order valence-corrected chi connectivity index (χ0v) is 9.52. The Kier molecular flexibility index (Phi) is 3.05. The molecule has 8 heteroatoms. The molecule has 88 valence electrons. The van der Waals surface area contributed by atoms with Crippen molar-refractivity contribution in [1.82, 2.24) is 14.8 Å². The molecule has 6 nitrogen and oxygen atoms in total. The summed E-state index contributed by atoms with van der Waals surface area (Å²) in [6.07, 6.45) is 1.33. The van der Waals surface area contributed by atoms with E-state index in [0.717, 1.165) is 17.8 Å². The van der Waals surface area contributed by atoms with E-state index in [0.29, 0.717) is 5.16 Å². The van der Waals surface area contributed by atoms with E-state index in [-0.39, 0.29) is 4.90 Å². The number of rotatable bonds is 3. The molecule has 0 saturated heterocycles. The lowest BCUT2D eigenvalue weighted by atomic mass is 10.3. The van der Waals surface area contributed by atoms with Crippen molar-refractivity contribution in [2.24, 2.45) is 7.05 Å². The minimum Gasteiger partial charge on any atom is -0.258 e. The van der Waals surface area contributed by atoms with E-state index >= 15 is 0 Å². The van der Waals surface area contributed by atoms with Gasteiger partial charge in [-0.25, -0.2) is 9.67 Å². The summed E-state index contributed by atoms with van der Waals surface area (Å²) in [5.74, 6) is -0.859. The van der Waals surface area contributed by atoms with E-state index < -0.39 is 16.4 Å². The fourth-order valence-electron chi connectivity index (χ4n) is 1.23. The molecule has 2 aromatic rings. The molecule has 0 unspecified atom stereocenters. The second kappa shape index (κ2) is 4.50. The Balaban J connectivity index is 2.43. The number of aromatic nitrogens is 3. The average Bonchev–Trinajstić information content (AvgIpc) is 2.64. The van der Waals surface area contributed by atoms with Gasteiger partial charge < -0.3 is 0 Å². The molecule has 1 aromatic heterocycles. The highest BCUT2D eigenvalue weighted by Gasteiger charge is 2.21. The first kappa shape index (κ1) is 11.5. The molecule has 0 fully saturated rings. The lowest BCUT2D eigenvalue weighted by molar-refractivity contribution is -0.390. The van der Waals surface area contributed by atoms with Crippen molar-refractivity contribution < 1.29 is 9.31 Å². The fourth-order valence-corrected chi connectivity index (χ4v) is 2.12. The molecule has 0 saturated carbocycles. The monoisotopic (exact) mass is 254 g/mol. The third kappa shape index (κ3) is 2.26. The highest BCUT2D eigenvalue weighted by atomic mass is 32.2. The van der Waals surface area contributed by atoms with E-state index in [9.17, 15) is 14.5 Å². The number of aryl methyl sites for hydroxylation is 1. The molecular weight excluding hydrogens is 247 g/mol. The first-order valence-electron chi connectivity index (χ1n) is 4.54. The molecule has 1 heterocycles. The summed E-state index contributed by atoms with van der Waals surface area (Å²) in [6.45, 7) is 0. The lowest BCUT2D eigenvalue weighted by Crippen LogP contribution is -1.97. The van der Waals surface area contributed by atoms with Crippen LogP contribution >= 0.6 is 11.8 Å². The van der Waals surface area contributed by atoms with E-state index in [1.165, 1.54) is 23.1 Å². The van der Waals surface area contributed by atoms with Gasteiger partial charge in [-0.1, -0.05) is 6.07 Å². The molecule has 0 aliphatic carbocycles. The molecule has 0 bridgehead atoms. The largest absolute Gasteiger partial charge is 0.318 e. The highest BCUT2D eigenvalue weighted by molar-refractivity contribution is 7.99. The molecule has 0 spiro atoms. The van der Waals surface area contributed by atoms with Gasteiger partial charge in [0.25, 0.3) is 0 Å². The van der Waals surface area contributed by atoms with Crippen molar-refractivity contribution in [2.75, 3.05) is 0 Å². The number of hydrogen-bond acceptors (Lipinski definition) is 5. The molecule has 0 atom stereocenters. The summed E-state index contributed by atoms with van der Waals surface area (Å²) < 4.78 is 14.8. The van der Waals surface area contributed by atoms with Crippen molar-refractivity contribution >= 4 is 17.4 Å². The number of para-hydroxylation sites is 1. The first-order chi connectivity index (χ1) is 8.09. The van der Waals surface area contributed by atoms with Crippen LogP contribution in [0.1, 0.15) is 0 Å². The van der Waals surface area contributed by atoms with E-state index in [1.807, 2.05) is 0 Å².